The van der Waals surface area contributed by atoms with Gasteiger partial charge in [-0.2, -0.15) is 4.98 Å². The SMILES string of the molecule is CCCNc1ncc(C)c(N(C)CC(=O)NCCOC)n1. The van der Waals surface area contributed by atoms with Crippen molar-refractivity contribution in [3.8, 4) is 0 Å². The van der Waals surface area contributed by atoms with E-state index in [4.69, 9.17) is 4.74 Å². The van der Waals surface area contributed by atoms with Crippen molar-refractivity contribution in [2.75, 3.05) is 50.6 Å². The molecule has 0 aliphatic carbocycles. The zero-order chi connectivity index (χ0) is 15.7. The number of anilines is 2. The summed E-state index contributed by atoms with van der Waals surface area (Å²) in [6.45, 7) is 6.09. The zero-order valence-electron chi connectivity index (χ0n) is 13.3. The number of amides is 1. The van der Waals surface area contributed by atoms with Crippen molar-refractivity contribution in [2.24, 2.45) is 0 Å². The summed E-state index contributed by atoms with van der Waals surface area (Å²) in [6, 6.07) is 0. The van der Waals surface area contributed by atoms with E-state index in [2.05, 4.69) is 27.5 Å². The maximum Gasteiger partial charge on any atom is 0.239 e. The quantitative estimate of drug-likeness (QED) is 0.656. The van der Waals surface area contributed by atoms with Gasteiger partial charge in [0.2, 0.25) is 11.9 Å². The molecule has 1 rings (SSSR count). The van der Waals surface area contributed by atoms with Crippen LogP contribution in [-0.4, -0.2) is 56.3 Å². The molecule has 0 fully saturated rings. The van der Waals surface area contributed by atoms with E-state index in [1.165, 1.54) is 0 Å². The van der Waals surface area contributed by atoms with E-state index in [1.54, 1.807) is 13.3 Å². The molecular weight excluding hydrogens is 270 g/mol. The molecule has 0 aliphatic rings. The number of rotatable bonds is 9. The Kier molecular flexibility index (Phi) is 7.45. The summed E-state index contributed by atoms with van der Waals surface area (Å²) >= 11 is 0. The highest BCUT2D eigenvalue weighted by Gasteiger charge is 2.12. The number of hydrogen-bond donors (Lipinski definition) is 2. The van der Waals surface area contributed by atoms with Crippen LogP contribution in [0.5, 0.6) is 0 Å². The Morgan fingerprint density at radius 1 is 1.43 bits per heavy atom. The van der Waals surface area contributed by atoms with Crippen LogP contribution in [-0.2, 0) is 9.53 Å². The summed E-state index contributed by atoms with van der Waals surface area (Å²) in [6.07, 6.45) is 2.77. The number of nitrogens with zero attached hydrogens (tertiary/aromatic N) is 3. The number of ether oxygens (including phenoxy) is 1. The average Bonchev–Trinajstić information content (AvgIpc) is 2.46. The van der Waals surface area contributed by atoms with Crippen LogP contribution >= 0.6 is 0 Å². The van der Waals surface area contributed by atoms with Gasteiger partial charge in [0.25, 0.3) is 0 Å². The molecule has 0 bridgehead atoms. The van der Waals surface area contributed by atoms with E-state index in [1.807, 2.05) is 18.9 Å². The van der Waals surface area contributed by atoms with Crippen molar-refractivity contribution in [3.05, 3.63) is 11.8 Å². The highest BCUT2D eigenvalue weighted by molar-refractivity contribution is 5.81. The highest BCUT2D eigenvalue weighted by atomic mass is 16.5. The first-order chi connectivity index (χ1) is 10.1. The Balaban J connectivity index is 2.63. The lowest BCUT2D eigenvalue weighted by Crippen LogP contribution is -2.37. The first-order valence-electron chi connectivity index (χ1n) is 7.12. The lowest BCUT2D eigenvalue weighted by molar-refractivity contribution is -0.119. The Morgan fingerprint density at radius 3 is 2.86 bits per heavy atom. The summed E-state index contributed by atoms with van der Waals surface area (Å²) in [5, 5.41) is 5.93. The minimum Gasteiger partial charge on any atom is -0.383 e. The van der Waals surface area contributed by atoms with E-state index in [9.17, 15) is 4.79 Å². The van der Waals surface area contributed by atoms with Crippen LogP contribution in [0.2, 0.25) is 0 Å². The molecule has 0 atom stereocenters. The van der Waals surface area contributed by atoms with E-state index in [0.29, 0.717) is 19.1 Å². The van der Waals surface area contributed by atoms with E-state index in [0.717, 1.165) is 24.3 Å². The van der Waals surface area contributed by atoms with E-state index >= 15 is 0 Å². The fourth-order valence-corrected chi connectivity index (χ4v) is 1.78. The molecule has 7 heteroatoms. The van der Waals surface area contributed by atoms with Crippen molar-refractivity contribution < 1.29 is 9.53 Å². The molecule has 0 saturated carbocycles. The standard InChI is InChI=1S/C14H25N5O2/c1-5-6-16-14-17-9-11(2)13(18-14)19(3)10-12(20)15-7-8-21-4/h9H,5-8,10H2,1-4H3,(H,15,20)(H,16,17,18). The molecule has 1 aromatic heterocycles. The second kappa shape index (κ2) is 9.12. The summed E-state index contributed by atoms with van der Waals surface area (Å²) in [4.78, 5) is 22.3. The number of carbonyl (C=O) groups excluding carboxylic acids is 1. The topological polar surface area (TPSA) is 79.4 Å². The first kappa shape index (κ1) is 17.2. The fourth-order valence-electron chi connectivity index (χ4n) is 1.78. The first-order valence-corrected chi connectivity index (χ1v) is 7.12. The lowest BCUT2D eigenvalue weighted by atomic mass is 10.3. The number of nitrogens with one attached hydrogen (secondary N) is 2. The molecule has 0 aliphatic heterocycles. The van der Waals surface area contributed by atoms with Crippen LogP contribution in [0.25, 0.3) is 0 Å². The number of aryl methyl sites for hydroxylation is 1. The zero-order valence-corrected chi connectivity index (χ0v) is 13.3. The maximum absolute atomic E-state index is 11.8. The van der Waals surface area contributed by atoms with Crippen LogP contribution in [0.4, 0.5) is 11.8 Å². The number of methoxy groups -OCH3 is 1. The van der Waals surface area contributed by atoms with Gasteiger partial charge in [-0.3, -0.25) is 4.79 Å². The molecule has 0 spiro atoms. The second-order valence-corrected chi connectivity index (χ2v) is 4.83. The van der Waals surface area contributed by atoms with Crippen LogP contribution in [0, 0.1) is 6.92 Å². The van der Waals surface area contributed by atoms with Gasteiger partial charge < -0.3 is 20.3 Å². The van der Waals surface area contributed by atoms with Crippen LogP contribution in [0.3, 0.4) is 0 Å². The van der Waals surface area contributed by atoms with Gasteiger partial charge in [0.1, 0.15) is 5.82 Å². The fraction of sp³-hybridized carbons (Fsp3) is 0.643. The van der Waals surface area contributed by atoms with Gasteiger partial charge in [0.05, 0.1) is 13.2 Å². The molecule has 118 valence electrons. The van der Waals surface area contributed by atoms with E-state index < -0.39 is 0 Å². The molecule has 0 aromatic carbocycles. The minimum absolute atomic E-state index is 0.0596. The maximum atomic E-state index is 11.8. The van der Waals surface area contributed by atoms with Gasteiger partial charge in [-0.25, -0.2) is 4.98 Å². The molecule has 7 nitrogen and oxygen atoms in total. The third-order valence-electron chi connectivity index (χ3n) is 2.85. The summed E-state index contributed by atoms with van der Waals surface area (Å²) in [5.41, 5.74) is 0.934. The third-order valence-corrected chi connectivity index (χ3v) is 2.85. The number of hydrogen-bond acceptors (Lipinski definition) is 6. The van der Waals surface area contributed by atoms with Crippen LogP contribution < -0.4 is 15.5 Å². The average molecular weight is 295 g/mol. The minimum atomic E-state index is -0.0596. The second-order valence-electron chi connectivity index (χ2n) is 4.83. The van der Waals surface area contributed by atoms with Crippen LogP contribution in [0.15, 0.2) is 6.20 Å². The van der Waals surface area contributed by atoms with E-state index in [-0.39, 0.29) is 12.5 Å². The largest absolute Gasteiger partial charge is 0.383 e. The Morgan fingerprint density at radius 2 is 2.19 bits per heavy atom. The predicted octanol–water partition coefficient (Wildman–Crippen LogP) is 0.806. The van der Waals surface area contributed by atoms with Gasteiger partial charge >= 0.3 is 0 Å². The smallest absolute Gasteiger partial charge is 0.239 e. The van der Waals surface area contributed by atoms with Gasteiger partial charge in [0, 0.05) is 39.0 Å². The summed E-state index contributed by atoms with van der Waals surface area (Å²) in [5.74, 6) is 1.28. The van der Waals surface area contributed by atoms with Gasteiger partial charge in [-0.05, 0) is 13.3 Å². The Bertz CT molecular complexity index is 453. The normalized spacial score (nSPS) is 10.3. The third kappa shape index (κ3) is 5.95. The van der Waals surface area contributed by atoms with Gasteiger partial charge in [-0.15, -0.1) is 0 Å². The molecule has 2 N–H and O–H groups in total. The number of likely N-dealkylation sites (N-methyl/N-ethyl adjacent to an activating group) is 1. The number of carbonyl (C=O) groups is 1. The molecule has 0 unspecified atom stereocenters. The molecular formula is C14H25N5O2. The predicted molar refractivity (Wildman–Crippen MR) is 83.7 cm³/mol. The highest BCUT2D eigenvalue weighted by Crippen LogP contribution is 2.16. The number of aromatic nitrogens is 2. The van der Waals surface area contributed by atoms with Gasteiger partial charge in [-0.1, -0.05) is 6.92 Å². The molecule has 21 heavy (non-hydrogen) atoms. The van der Waals surface area contributed by atoms with Gasteiger partial charge in [0.15, 0.2) is 0 Å². The molecule has 1 aromatic rings. The monoisotopic (exact) mass is 295 g/mol. The summed E-state index contributed by atoms with van der Waals surface area (Å²) in [7, 11) is 3.45. The molecule has 0 saturated heterocycles. The van der Waals surface area contributed by atoms with Crippen molar-refractivity contribution in [2.45, 2.75) is 20.3 Å². The Hall–Kier alpha value is -1.89. The molecule has 1 heterocycles. The molecule has 0 radical (unpaired) electrons. The summed E-state index contributed by atoms with van der Waals surface area (Å²) < 4.78 is 4.90. The van der Waals surface area contributed by atoms with Crippen molar-refractivity contribution >= 4 is 17.7 Å². The van der Waals surface area contributed by atoms with Crippen LogP contribution in [0.1, 0.15) is 18.9 Å². The van der Waals surface area contributed by atoms with Crippen molar-refractivity contribution in [1.29, 1.82) is 0 Å². The lowest BCUT2D eigenvalue weighted by Gasteiger charge is -2.20. The van der Waals surface area contributed by atoms with Crippen molar-refractivity contribution in [1.82, 2.24) is 15.3 Å². The Labute approximate surface area is 126 Å². The van der Waals surface area contributed by atoms with Crippen molar-refractivity contribution in [3.63, 3.8) is 0 Å². The molecule has 1 amide bonds.